The molecule has 2 heterocycles. The Morgan fingerprint density at radius 3 is 2.74 bits per heavy atom. The Kier molecular flexibility index (Phi) is 4.38. The van der Waals surface area contributed by atoms with E-state index in [9.17, 15) is 13.2 Å². The Balaban J connectivity index is 2.04. The van der Waals surface area contributed by atoms with Crippen LogP contribution in [0.3, 0.4) is 0 Å². The first kappa shape index (κ1) is 14.2. The van der Waals surface area contributed by atoms with E-state index in [2.05, 4.69) is 14.6 Å². The summed E-state index contributed by atoms with van der Waals surface area (Å²) in [6, 6.07) is 0.988. The standard InChI is InChI=1S/C12H19N3O3S/c1-10(9-15-6-2-3-7-15)14-19(17,18)12-8-13-5-4-11(12)16/h4-5,8,10,14H,2-3,6-7,9H2,1H3,(H,13,16). The fourth-order valence-corrected chi connectivity index (χ4v) is 3.62. The van der Waals surface area contributed by atoms with E-state index in [1.54, 1.807) is 0 Å². The average Bonchev–Trinajstić information content (AvgIpc) is 2.81. The lowest BCUT2D eigenvalue weighted by Gasteiger charge is -2.20. The number of likely N-dealkylation sites (tertiary alicyclic amines) is 1. The molecule has 0 bridgehead atoms. The Hall–Kier alpha value is -1.18. The Morgan fingerprint density at radius 1 is 1.42 bits per heavy atom. The number of aromatic amines is 1. The first-order valence-electron chi connectivity index (χ1n) is 6.41. The van der Waals surface area contributed by atoms with Gasteiger partial charge in [0.05, 0.1) is 0 Å². The van der Waals surface area contributed by atoms with Crippen LogP contribution >= 0.6 is 0 Å². The molecule has 1 fully saturated rings. The second kappa shape index (κ2) is 5.85. The second-order valence-corrected chi connectivity index (χ2v) is 6.59. The molecule has 0 radical (unpaired) electrons. The predicted molar refractivity (Wildman–Crippen MR) is 72.5 cm³/mol. The molecule has 2 N–H and O–H groups in total. The van der Waals surface area contributed by atoms with E-state index in [4.69, 9.17) is 0 Å². The van der Waals surface area contributed by atoms with Crippen LogP contribution in [0.25, 0.3) is 0 Å². The molecule has 1 aliphatic heterocycles. The van der Waals surface area contributed by atoms with Gasteiger partial charge in [-0.1, -0.05) is 0 Å². The zero-order valence-corrected chi connectivity index (χ0v) is 11.7. The van der Waals surface area contributed by atoms with Crippen molar-refractivity contribution in [2.75, 3.05) is 19.6 Å². The van der Waals surface area contributed by atoms with E-state index in [0.717, 1.165) is 25.9 Å². The number of pyridine rings is 1. The van der Waals surface area contributed by atoms with Crippen molar-refractivity contribution >= 4 is 10.0 Å². The van der Waals surface area contributed by atoms with Gasteiger partial charge in [-0.05, 0) is 32.9 Å². The summed E-state index contributed by atoms with van der Waals surface area (Å²) in [6.07, 6.45) is 4.96. The number of nitrogens with zero attached hydrogens (tertiary/aromatic N) is 1. The molecule has 1 aliphatic rings. The van der Waals surface area contributed by atoms with E-state index < -0.39 is 15.5 Å². The summed E-state index contributed by atoms with van der Waals surface area (Å²) in [5, 5.41) is 0. The predicted octanol–water partition coefficient (Wildman–Crippen LogP) is 0.137. The summed E-state index contributed by atoms with van der Waals surface area (Å²) >= 11 is 0. The maximum Gasteiger partial charge on any atom is 0.246 e. The van der Waals surface area contributed by atoms with Crippen molar-refractivity contribution in [3.63, 3.8) is 0 Å². The summed E-state index contributed by atoms with van der Waals surface area (Å²) in [6.45, 7) is 4.51. The number of rotatable bonds is 5. The first-order valence-corrected chi connectivity index (χ1v) is 7.89. The SMILES string of the molecule is CC(CN1CCCC1)NS(=O)(=O)c1c[nH]ccc1=O. The summed E-state index contributed by atoms with van der Waals surface area (Å²) in [5.74, 6) is 0. The van der Waals surface area contributed by atoms with Crippen molar-refractivity contribution in [2.24, 2.45) is 0 Å². The average molecular weight is 285 g/mol. The fraction of sp³-hybridized carbons (Fsp3) is 0.583. The summed E-state index contributed by atoms with van der Waals surface area (Å²) in [5.41, 5.74) is -0.500. The zero-order chi connectivity index (χ0) is 13.9. The molecule has 0 aromatic carbocycles. The molecule has 6 nitrogen and oxygen atoms in total. The van der Waals surface area contributed by atoms with E-state index in [1.807, 2.05) is 6.92 Å². The number of hydrogen-bond acceptors (Lipinski definition) is 4. The van der Waals surface area contributed by atoms with Crippen molar-refractivity contribution in [3.05, 3.63) is 28.7 Å². The largest absolute Gasteiger partial charge is 0.366 e. The van der Waals surface area contributed by atoms with Gasteiger partial charge < -0.3 is 9.88 Å². The lowest BCUT2D eigenvalue weighted by atomic mass is 10.3. The maximum atomic E-state index is 12.1. The highest BCUT2D eigenvalue weighted by molar-refractivity contribution is 7.89. The number of aromatic nitrogens is 1. The van der Waals surface area contributed by atoms with Crippen LogP contribution in [0.2, 0.25) is 0 Å². The Morgan fingerprint density at radius 2 is 2.11 bits per heavy atom. The van der Waals surface area contributed by atoms with Gasteiger partial charge in [-0.25, -0.2) is 13.1 Å². The highest BCUT2D eigenvalue weighted by Crippen LogP contribution is 2.09. The third-order valence-electron chi connectivity index (χ3n) is 3.16. The van der Waals surface area contributed by atoms with Gasteiger partial charge in [0.2, 0.25) is 15.5 Å². The van der Waals surface area contributed by atoms with Crippen molar-refractivity contribution in [1.82, 2.24) is 14.6 Å². The molecule has 1 aromatic rings. The molecular weight excluding hydrogens is 266 g/mol. The molecule has 1 unspecified atom stereocenters. The van der Waals surface area contributed by atoms with Gasteiger partial charge in [0.25, 0.3) is 0 Å². The van der Waals surface area contributed by atoms with Crippen LogP contribution in [0.4, 0.5) is 0 Å². The highest BCUT2D eigenvalue weighted by Gasteiger charge is 2.22. The van der Waals surface area contributed by atoms with Crippen LogP contribution < -0.4 is 10.2 Å². The monoisotopic (exact) mass is 285 g/mol. The van der Waals surface area contributed by atoms with Gasteiger partial charge in [-0.3, -0.25) is 4.79 Å². The summed E-state index contributed by atoms with van der Waals surface area (Å²) in [4.78, 5) is 16.2. The van der Waals surface area contributed by atoms with Crippen LogP contribution in [-0.4, -0.2) is 44.0 Å². The maximum absolute atomic E-state index is 12.1. The molecule has 7 heteroatoms. The molecule has 0 aliphatic carbocycles. The minimum absolute atomic E-state index is 0.220. The van der Waals surface area contributed by atoms with Gasteiger partial charge in [0.1, 0.15) is 4.90 Å². The third-order valence-corrected chi connectivity index (χ3v) is 4.78. The third kappa shape index (κ3) is 3.65. The van der Waals surface area contributed by atoms with E-state index >= 15 is 0 Å². The van der Waals surface area contributed by atoms with Crippen LogP contribution in [-0.2, 0) is 10.0 Å². The molecule has 1 aromatic heterocycles. The minimum Gasteiger partial charge on any atom is -0.366 e. The Bertz CT molecular complexity index is 576. The van der Waals surface area contributed by atoms with Crippen molar-refractivity contribution in [1.29, 1.82) is 0 Å². The van der Waals surface area contributed by atoms with Gasteiger partial charge in [0.15, 0.2) is 0 Å². The van der Waals surface area contributed by atoms with Crippen LogP contribution in [0.1, 0.15) is 19.8 Å². The number of sulfonamides is 1. The Labute approximate surface area is 112 Å². The molecular formula is C12H19N3O3S. The van der Waals surface area contributed by atoms with Gasteiger partial charge in [0, 0.05) is 31.0 Å². The molecule has 0 saturated carbocycles. The van der Waals surface area contributed by atoms with E-state index in [-0.39, 0.29) is 10.9 Å². The number of hydrogen-bond donors (Lipinski definition) is 2. The lowest BCUT2D eigenvalue weighted by Crippen LogP contribution is -2.42. The number of H-pyrrole nitrogens is 1. The first-order chi connectivity index (χ1) is 8.99. The van der Waals surface area contributed by atoms with E-state index in [0.29, 0.717) is 6.54 Å². The van der Waals surface area contributed by atoms with Gasteiger partial charge in [-0.15, -0.1) is 0 Å². The molecule has 1 atom stereocenters. The highest BCUT2D eigenvalue weighted by atomic mass is 32.2. The molecule has 0 amide bonds. The molecule has 1 saturated heterocycles. The van der Waals surface area contributed by atoms with E-state index in [1.165, 1.54) is 18.5 Å². The van der Waals surface area contributed by atoms with Crippen LogP contribution in [0, 0.1) is 0 Å². The topological polar surface area (TPSA) is 82.3 Å². The summed E-state index contributed by atoms with van der Waals surface area (Å²) in [7, 11) is -3.75. The normalized spacial score (nSPS) is 18.6. The summed E-state index contributed by atoms with van der Waals surface area (Å²) < 4.78 is 26.7. The van der Waals surface area contributed by atoms with Gasteiger partial charge in [-0.2, -0.15) is 0 Å². The fourth-order valence-electron chi connectivity index (χ4n) is 2.33. The smallest absolute Gasteiger partial charge is 0.246 e. The minimum atomic E-state index is -3.75. The van der Waals surface area contributed by atoms with Gasteiger partial charge >= 0.3 is 0 Å². The van der Waals surface area contributed by atoms with Crippen molar-refractivity contribution in [3.8, 4) is 0 Å². The zero-order valence-electron chi connectivity index (χ0n) is 10.9. The molecule has 19 heavy (non-hydrogen) atoms. The quantitative estimate of drug-likeness (QED) is 0.806. The van der Waals surface area contributed by atoms with Crippen molar-refractivity contribution in [2.45, 2.75) is 30.7 Å². The molecule has 106 valence electrons. The van der Waals surface area contributed by atoms with Crippen LogP contribution in [0.5, 0.6) is 0 Å². The van der Waals surface area contributed by atoms with Crippen LogP contribution in [0.15, 0.2) is 28.2 Å². The molecule has 0 spiro atoms. The van der Waals surface area contributed by atoms with Crippen molar-refractivity contribution < 1.29 is 8.42 Å². The lowest BCUT2D eigenvalue weighted by molar-refractivity contribution is 0.312. The number of nitrogens with one attached hydrogen (secondary N) is 2. The molecule has 2 rings (SSSR count). The second-order valence-electron chi connectivity index (χ2n) is 4.90.